The summed E-state index contributed by atoms with van der Waals surface area (Å²) in [6, 6.07) is 3.84. The molecule has 3 nitrogen and oxygen atoms in total. The van der Waals surface area contributed by atoms with Crippen LogP contribution in [0.2, 0.25) is 0 Å². The van der Waals surface area contributed by atoms with Crippen molar-refractivity contribution in [3.05, 3.63) is 23.5 Å². The number of aromatic nitrogens is 1. The largest absolute Gasteiger partial charge is 0.390 e. The number of pyridine rings is 1. The van der Waals surface area contributed by atoms with Crippen molar-refractivity contribution in [1.82, 2.24) is 4.98 Å². The lowest BCUT2D eigenvalue weighted by Crippen LogP contribution is -2.20. The Morgan fingerprint density at radius 3 is 3.00 bits per heavy atom. The van der Waals surface area contributed by atoms with Gasteiger partial charge in [-0.25, -0.2) is 0 Å². The molecule has 2 heterocycles. The van der Waals surface area contributed by atoms with Crippen LogP contribution < -0.4 is 5.32 Å². The van der Waals surface area contributed by atoms with Crippen LogP contribution in [0.1, 0.15) is 25.2 Å². The van der Waals surface area contributed by atoms with Crippen molar-refractivity contribution in [2.24, 2.45) is 0 Å². The Hall–Kier alpha value is -1.09. The number of hydrogen-bond donors (Lipinski definition) is 2. The molecule has 0 unspecified atom stereocenters. The summed E-state index contributed by atoms with van der Waals surface area (Å²) in [7, 11) is 0. The first-order valence-electron chi connectivity index (χ1n) is 4.48. The minimum Gasteiger partial charge on any atom is -0.390 e. The Morgan fingerprint density at radius 1 is 1.54 bits per heavy atom. The molecule has 2 rings (SSSR count). The Bertz CT molecular complexity index is 334. The van der Waals surface area contributed by atoms with E-state index in [0.717, 1.165) is 23.6 Å². The number of aliphatic hydroxyl groups is 1. The van der Waals surface area contributed by atoms with E-state index in [4.69, 9.17) is 5.11 Å². The fourth-order valence-corrected chi connectivity index (χ4v) is 1.65. The number of aliphatic hydroxyl groups excluding tert-OH is 1. The highest BCUT2D eigenvalue weighted by Crippen LogP contribution is 2.34. The van der Waals surface area contributed by atoms with Crippen molar-refractivity contribution in [1.29, 1.82) is 0 Å². The van der Waals surface area contributed by atoms with Gasteiger partial charge in [0.1, 0.15) is 0 Å². The van der Waals surface area contributed by atoms with Crippen LogP contribution in [0.3, 0.4) is 0 Å². The third-order valence-corrected chi connectivity index (χ3v) is 2.48. The predicted octanol–water partition coefficient (Wildman–Crippen LogP) is 1.28. The van der Waals surface area contributed by atoms with Gasteiger partial charge in [0.15, 0.2) is 0 Å². The average molecular weight is 178 g/mol. The van der Waals surface area contributed by atoms with Crippen LogP contribution in [-0.4, -0.2) is 16.6 Å². The van der Waals surface area contributed by atoms with Gasteiger partial charge in [0.2, 0.25) is 0 Å². The minimum atomic E-state index is 0.0172. The second-order valence-electron chi connectivity index (χ2n) is 4.09. The average Bonchev–Trinajstić information content (AvgIpc) is 2.42. The Kier molecular flexibility index (Phi) is 1.77. The van der Waals surface area contributed by atoms with Gasteiger partial charge in [0.05, 0.1) is 23.7 Å². The van der Waals surface area contributed by atoms with Crippen LogP contribution in [0, 0.1) is 0 Å². The Morgan fingerprint density at radius 2 is 2.31 bits per heavy atom. The van der Waals surface area contributed by atoms with E-state index in [-0.39, 0.29) is 12.0 Å². The highest BCUT2D eigenvalue weighted by molar-refractivity contribution is 5.56. The van der Waals surface area contributed by atoms with Gasteiger partial charge in [-0.3, -0.25) is 4.98 Å². The molecule has 0 radical (unpaired) electrons. The summed E-state index contributed by atoms with van der Waals surface area (Å²) in [5.41, 5.74) is 3.00. The van der Waals surface area contributed by atoms with Crippen molar-refractivity contribution in [2.75, 3.05) is 11.9 Å². The molecule has 2 N–H and O–H groups in total. The van der Waals surface area contributed by atoms with E-state index >= 15 is 0 Å². The molecule has 0 spiro atoms. The van der Waals surface area contributed by atoms with Gasteiger partial charge in [0, 0.05) is 12.0 Å². The number of fused-ring (bicyclic) bond motifs is 1. The van der Waals surface area contributed by atoms with E-state index in [0.29, 0.717) is 0 Å². The normalized spacial score (nSPS) is 18.1. The van der Waals surface area contributed by atoms with Crippen LogP contribution in [0.25, 0.3) is 0 Å². The van der Waals surface area contributed by atoms with Gasteiger partial charge in [-0.2, -0.15) is 0 Å². The van der Waals surface area contributed by atoms with Crippen molar-refractivity contribution in [2.45, 2.75) is 25.9 Å². The molecule has 0 atom stereocenters. The van der Waals surface area contributed by atoms with Gasteiger partial charge in [-0.05, 0) is 12.1 Å². The number of nitrogens with one attached hydrogen (secondary N) is 1. The Labute approximate surface area is 77.8 Å². The standard InChI is InChI=1S/C10H14N2O/c1-10(2)6-11-8-4-3-7(5-13)12-9(8)10/h3-4,11,13H,5-6H2,1-2H3. The maximum absolute atomic E-state index is 8.96. The summed E-state index contributed by atoms with van der Waals surface area (Å²) >= 11 is 0. The third kappa shape index (κ3) is 1.29. The fourth-order valence-electron chi connectivity index (χ4n) is 1.65. The molecule has 13 heavy (non-hydrogen) atoms. The van der Waals surface area contributed by atoms with Crippen molar-refractivity contribution >= 4 is 5.69 Å². The molecule has 70 valence electrons. The molecule has 0 aliphatic carbocycles. The van der Waals surface area contributed by atoms with Gasteiger partial charge in [0.25, 0.3) is 0 Å². The molecule has 0 amide bonds. The van der Waals surface area contributed by atoms with Crippen LogP contribution in [-0.2, 0) is 12.0 Å². The van der Waals surface area contributed by atoms with E-state index in [2.05, 4.69) is 24.1 Å². The smallest absolute Gasteiger partial charge is 0.0853 e. The van der Waals surface area contributed by atoms with Crippen LogP contribution >= 0.6 is 0 Å². The first-order valence-corrected chi connectivity index (χ1v) is 4.48. The molecule has 1 aromatic rings. The summed E-state index contributed by atoms with van der Waals surface area (Å²) < 4.78 is 0. The second-order valence-corrected chi connectivity index (χ2v) is 4.09. The third-order valence-electron chi connectivity index (χ3n) is 2.48. The van der Waals surface area contributed by atoms with Crippen molar-refractivity contribution < 1.29 is 5.11 Å². The SMILES string of the molecule is CC1(C)CNc2ccc(CO)nc21. The quantitative estimate of drug-likeness (QED) is 0.681. The summed E-state index contributed by atoms with van der Waals surface area (Å²) in [5.74, 6) is 0. The van der Waals surface area contributed by atoms with Gasteiger partial charge in [-0.15, -0.1) is 0 Å². The molecule has 0 saturated heterocycles. The number of hydrogen-bond acceptors (Lipinski definition) is 3. The molecular formula is C10H14N2O. The van der Waals surface area contributed by atoms with Crippen LogP contribution in [0.4, 0.5) is 5.69 Å². The van der Waals surface area contributed by atoms with E-state index in [1.165, 1.54) is 0 Å². The number of anilines is 1. The number of rotatable bonds is 1. The van der Waals surface area contributed by atoms with Crippen molar-refractivity contribution in [3.63, 3.8) is 0 Å². The highest BCUT2D eigenvalue weighted by Gasteiger charge is 2.31. The van der Waals surface area contributed by atoms with Gasteiger partial charge >= 0.3 is 0 Å². The summed E-state index contributed by atoms with van der Waals surface area (Å²) in [5, 5.41) is 12.3. The van der Waals surface area contributed by atoms with E-state index < -0.39 is 0 Å². The molecule has 0 fully saturated rings. The van der Waals surface area contributed by atoms with Crippen molar-refractivity contribution in [3.8, 4) is 0 Å². The topological polar surface area (TPSA) is 45.1 Å². The van der Waals surface area contributed by atoms with Gasteiger partial charge < -0.3 is 10.4 Å². The molecule has 3 heteroatoms. The van der Waals surface area contributed by atoms with E-state index in [1.807, 2.05) is 12.1 Å². The van der Waals surface area contributed by atoms with Crippen LogP contribution in [0.15, 0.2) is 12.1 Å². The second kappa shape index (κ2) is 2.70. The van der Waals surface area contributed by atoms with Gasteiger partial charge in [-0.1, -0.05) is 13.8 Å². The zero-order valence-corrected chi connectivity index (χ0v) is 7.96. The summed E-state index contributed by atoms with van der Waals surface area (Å²) in [4.78, 5) is 4.41. The fraction of sp³-hybridized carbons (Fsp3) is 0.500. The predicted molar refractivity (Wildman–Crippen MR) is 51.7 cm³/mol. The van der Waals surface area contributed by atoms with Crippen LogP contribution in [0.5, 0.6) is 0 Å². The molecule has 0 aromatic carbocycles. The molecule has 1 aromatic heterocycles. The molecular weight excluding hydrogens is 164 g/mol. The monoisotopic (exact) mass is 178 g/mol. The molecule has 1 aliphatic heterocycles. The first-order chi connectivity index (χ1) is 6.13. The maximum Gasteiger partial charge on any atom is 0.0853 e. The zero-order chi connectivity index (χ0) is 9.47. The lowest BCUT2D eigenvalue weighted by atomic mass is 9.91. The van der Waals surface area contributed by atoms with E-state index in [9.17, 15) is 0 Å². The highest BCUT2D eigenvalue weighted by atomic mass is 16.3. The molecule has 0 saturated carbocycles. The van der Waals surface area contributed by atoms with E-state index in [1.54, 1.807) is 0 Å². The summed E-state index contributed by atoms with van der Waals surface area (Å²) in [6.45, 7) is 5.24. The zero-order valence-electron chi connectivity index (χ0n) is 7.96. The number of nitrogens with zero attached hydrogens (tertiary/aromatic N) is 1. The molecule has 0 bridgehead atoms. The summed E-state index contributed by atoms with van der Waals surface area (Å²) in [6.07, 6.45) is 0. The lowest BCUT2D eigenvalue weighted by Gasteiger charge is -2.15. The first kappa shape index (κ1) is 8.51. The molecule has 1 aliphatic rings. The lowest BCUT2D eigenvalue weighted by molar-refractivity contribution is 0.276. The Balaban J connectivity index is 2.50. The maximum atomic E-state index is 8.96. The minimum absolute atomic E-state index is 0.0172.